The van der Waals surface area contributed by atoms with Gasteiger partial charge in [-0.1, -0.05) is 13.8 Å². The molecule has 1 saturated heterocycles. The van der Waals surface area contributed by atoms with Gasteiger partial charge in [0.2, 0.25) is 0 Å². The van der Waals surface area contributed by atoms with E-state index in [1.807, 2.05) is 19.2 Å². The van der Waals surface area contributed by atoms with Crippen molar-refractivity contribution in [3.8, 4) is 0 Å². The van der Waals surface area contributed by atoms with E-state index in [1.54, 1.807) is 0 Å². The summed E-state index contributed by atoms with van der Waals surface area (Å²) in [5, 5.41) is 0. The average Bonchev–Trinajstić information content (AvgIpc) is 3.23. The first-order valence-electron chi connectivity index (χ1n) is 8.73. The minimum atomic E-state index is 0.159. The third-order valence-electron chi connectivity index (χ3n) is 5.05. The van der Waals surface area contributed by atoms with Crippen LogP contribution in [-0.2, 0) is 0 Å². The van der Waals surface area contributed by atoms with Crippen LogP contribution in [0.15, 0.2) is 12.3 Å². The summed E-state index contributed by atoms with van der Waals surface area (Å²) in [6.07, 6.45) is 5.78. The molecule has 2 fully saturated rings. The molecule has 4 heteroatoms. The van der Waals surface area contributed by atoms with Gasteiger partial charge < -0.3 is 9.88 Å². The highest BCUT2D eigenvalue weighted by Gasteiger charge is 2.33. The molecule has 0 radical (unpaired) electrons. The fourth-order valence-corrected chi connectivity index (χ4v) is 3.54. The Morgan fingerprint density at radius 2 is 2.14 bits per heavy atom. The maximum Gasteiger partial charge on any atom is 0.270 e. The van der Waals surface area contributed by atoms with Crippen LogP contribution in [0.1, 0.15) is 49.2 Å². The molecule has 1 saturated carbocycles. The van der Waals surface area contributed by atoms with E-state index in [1.165, 1.54) is 19.4 Å². The molecule has 0 unspecified atom stereocenters. The van der Waals surface area contributed by atoms with Crippen LogP contribution in [0.5, 0.6) is 0 Å². The maximum atomic E-state index is 12.8. The van der Waals surface area contributed by atoms with E-state index in [0.29, 0.717) is 12.0 Å². The van der Waals surface area contributed by atoms with Crippen LogP contribution in [0.25, 0.3) is 0 Å². The SMILES string of the molecule is Cc1c[nH]c(C(=O)N2CCCN(CC3CC3)[C@H](C(C)C)C2)c1. The molecule has 1 atom stereocenters. The van der Waals surface area contributed by atoms with Crippen LogP contribution in [0.2, 0.25) is 0 Å². The Balaban J connectivity index is 1.71. The van der Waals surface area contributed by atoms with Crippen molar-refractivity contribution >= 4 is 5.91 Å². The van der Waals surface area contributed by atoms with Crippen LogP contribution < -0.4 is 0 Å². The van der Waals surface area contributed by atoms with Gasteiger partial charge >= 0.3 is 0 Å². The number of nitrogens with zero attached hydrogens (tertiary/aromatic N) is 2. The molecule has 2 aliphatic rings. The number of aromatic nitrogens is 1. The summed E-state index contributed by atoms with van der Waals surface area (Å²) in [7, 11) is 0. The number of H-pyrrole nitrogens is 1. The molecule has 0 aromatic carbocycles. The molecule has 1 aliphatic heterocycles. The lowest BCUT2D eigenvalue weighted by molar-refractivity contribution is 0.0699. The number of carbonyl (C=O) groups excluding carboxylic acids is 1. The topological polar surface area (TPSA) is 39.3 Å². The van der Waals surface area contributed by atoms with E-state index in [0.717, 1.165) is 43.2 Å². The van der Waals surface area contributed by atoms with Crippen molar-refractivity contribution in [2.45, 2.75) is 46.1 Å². The van der Waals surface area contributed by atoms with Crippen molar-refractivity contribution in [2.24, 2.45) is 11.8 Å². The van der Waals surface area contributed by atoms with Gasteiger partial charge in [0.1, 0.15) is 5.69 Å². The van der Waals surface area contributed by atoms with Crippen molar-refractivity contribution in [1.29, 1.82) is 0 Å². The van der Waals surface area contributed by atoms with Crippen molar-refractivity contribution in [3.63, 3.8) is 0 Å². The third-order valence-corrected chi connectivity index (χ3v) is 5.05. The van der Waals surface area contributed by atoms with E-state index >= 15 is 0 Å². The summed E-state index contributed by atoms with van der Waals surface area (Å²) in [5.41, 5.74) is 1.85. The van der Waals surface area contributed by atoms with Gasteiger partial charge in [-0.05, 0) is 49.7 Å². The average molecular weight is 303 g/mol. The lowest BCUT2D eigenvalue weighted by Gasteiger charge is -2.34. The highest BCUT2D eigenvalue weighted by molar-refractivity contribution is 5.92. The molecule has 0 spiro atoms. The lowest BCUT2D eigenvalue weighted by Crippen LogP contribution is -2.46. The Morgan fingerprint density at radius 3 is 2.73 bits per heavy atom. The Labute approximate surface area is 133 Å². The van der Waals surface area contributed by atoms with Crippen molar-refractivity contribution in [1.82, 2.24) is 14.8 Å². The highest BCUT2D eigenvalue weighted by atomic mass is 16.2. The summed E-state index contributed by atoms with van der Waals surface area (Å²) in [6, 6.07) is 2.45. The quantitative estimate of drug-likeness (QED) is 0.929. The second kappa shape index (κ2) is 6.45. The molecule has 1 aromatic rings. The Kier molecular flexibility index (Phi) is 4.57. The third kappa shape index (κ3) is 3.54. The minimum Gasteiger partial charge on any atom is -0.357 e. The number of carbonyl (C=O) groups is 1. The summed E-state index contributed by atoms with van der Waals surface area (Å²) < 4.78 is 0. The summed E-state index contributed by atoms with van der Waals surface area (Å²) in [6.45, 7) is 10.7. The monoisotopic (exact) mass is 303 g/mol. The number of hydrogen-bond acceptors (Lipinski definition) is 2. The van der Waals surface area contributed by atoms with Gasteiger partial charge in [0.05, 0.1) is 0 Å². The molecule has 4 nitrogen and oxygen atoms in total. The Hall–Kier alpha value is -1.29. The fraction of sp³-hybridized carbons (Fsp3) is 0.722. The number of hydrogen-bond donors (Lipinski definition) is 1. The second-order valence-corrected chi connectivity index (χ2v) is 7.45. The molecular formula is C18H29N3O. The van der Waals surface area contributed by atoms with E-state index < -0.39 is 0 Å². The zero-order valence-corrected chi connectivity index (χ0v) is 14.1. The molecule has 122 valence electrons. The zero-order chi connectivity index (χ0) is 15.7. The van der Waals surface area contributed by atoms with Gasteiger partial charge in [-0.15, -0.1) is 0 Å². The van der Waals surface area contributed by atoms with Crippen LogP contribution in [0, 0.1) is 18.8 Å². The van der Waals surface area contributed by atoms with E-state index in [4.69, 9.17) is 0 Å². The van der Waals surface area contributed by atoms with Gasteiger partial charge in [0.25, 0.3) is 5.91 Å². The van der Waals surface area contributed by atoms with Crippen molar-refractivity contribution in [3.05, 3.63) is 23.5 Å². The Bertz CT molecular complexity index is 518. The van der Waals surface area contributed by atoms with Crippen LogP contribution in [0.4, 0.5) is 0 Å². The van der Waals surface area contributed by atoms with Crippen LogP contribution >= 0.6 is 0 Å². The predicted octanol–water partition coefficient (Wildman–Crippen LogP) is 2.91. The van der Waals surface area contributed by atoms with Crippen molar-refractivity contribution < 1.29 is 4.79 Å². The highest BCUT2D eigenvalue weighted by Crippen LogP contribution is 2.32. The van der Waals surface area contributed by atoms with Gasteiger partial charge in [0.15, 0.2) is 0 Å². The largest absolute Gasteiger partial charge is 0.357 e. The molecule has 3 rings (SSSR count). The number of rotatable bonds is 4. The first-order chi connectivity index (χ1) is 10.5. The van der Waals surface area contributed by atoms with E-state index in [2.05, 4.69) is 28.6 Å². The standard InChI is InChI=1S/C18H29N3O/c1-13(2)17-12-21(18(22)16-9-14(3)10-19-16)8-4-7-20(17)11-15-5-6-15/h9-10,13,15,17,19H,4-8,11-12H2,1-3H3/t17-/m0/s1. The van der Waals surface area contributed by atoms with Gasteiger partial charge in [0, 0.05) is 38.4 Å². The number of aryl methyl sites for hydroxylation is 1. The number of aromatic amines is 1. The number of nitrogens with one attached hydrogen (secondary N) is 1. The predicted molar refractivity (Wildman–Crippen MR) is 89.0 cm³/mol. The summed E-state index contributed by atoms with van der Waals surface area (Å²) >= 11 is 0. The molecule has 2 heterocycles. The molecule has 1 N–H and O–H groups in total. The van der Waals surface area contributed by atoms with Gasteiger partial charge in [-0.25, -0.2) is 0 Å². The number of amides is 1. The van der Waals surface area contributed by atoms with E-state index in [9.17, 15) is 4.79 Å². The molecule has 1 aromatic heterocycles. The van der Waals surface area contributed by atoms with E-state index in [-0.39, 0.29) is 5.91 Å². The zero-order valence-electron chi connectivity index (χ0n) is 14.1. The lowest BCUT2D eigenvalue weighted by atomic mass is 10.0. The molecular weight excluding hydrogens is 274 g/mol. The molecule has 1 aliphatic carbocycles. The maximum absolute atomic E-state index is 12.8. The van der Waals surface area contributed by atoms with Gasteiger partial charge in [-0.3, -0.25) is 9.69 Å². The van der Waals surface area contributed by atoms with Gasteiger partial charge in [-0.2, -0.15) is 0 Å². The Morgan fingerprint density at radius 1 is 1.36 bits per heavy atom. The van der Waals surface area contributed by atoms with Crippen molar-refractivity contribution in [2.75, 3.05) is 26.2 Å². The van der Waals surface area contributed by atoms with Crippen LogP contribution in [0.3, 0.4) is 0 Å². The van der Waals surface area contributed by atoms with Crippen LogP contribution in [-0.4, -0.2) is 52.9 Å². The normalized spacial score (nSPS) is 23.8. The fourth-order valence-electron chi connectivity index (χ4n) is 3.54. The summed E-state index contributed by atoms with van der Waals surface area (Å²) in [5.74, 6) is 1.65. The smallest absolute Gasteiger partial charge is 0.270 e. The molecule has 0 bridgehead atoms. The minimum absolute atomic E-state index is 0.159. The second-order valence-electron chi connectivity index (χ2n) is 7.45. The first kappa shape index (κ1) is 15.6. The molecule has 1 amide bonds. The first-order valence-corrected chi connectivity index (χ1v) is 8.73. The summed E-state index contributed by atoms with van der Waals surface area (Å²) in [4.78, 5) is 20.6. The molecule has 22 heavy (non-hydrogen) atoms.